The first-order valence-electron chi connectivity index (χ1n) is 7.94. The fourth-order valence-electron chi connectivity index (χ4n) is 2.87. The summed E-state index contributed by atoms with van der Waals surface area (Å²) in [6.45, 7) is 3.48. The average Bonchev–Trinajstić information content (AvgIpc) is 2.85. The summed E-state index contributed by atoms with van der Waals surface area (Å²) in [7, 11) is -2.12. The Morgan fingerprint density at radius 2 is 2.00 bits per heavy atom. The van der Waals surface area contributed by atoms with Crippen LogP contribution in [0, 0.1) is 6.92 Å². The third-order valence-electron chi connectivity index (χ3n) is 4.41. The fourth-order valence-corrected chi connectivity index (χ4v) is 4.12. The van der Waals surface area contributed by atoms with Gasteiger partial charge in [0.15, 0.2) is 5.82 Å². The summed E-state index contributed by atoms with van der Waals surface area (Å²) in [5.74, 6) is 1.09. The molecule has 0 radical (unpaired) electrons. The molecule has 0 amide bonds. The number of aromatic nitrogens is 4. The Morgan fingerprint density at radius 1 is 1.23 bits per heavy atom. The van der Waals surface area contributed by atoms with Gasteiger partial charge < -0.3 is 5.32 Å². The first-order chi connectivity index (χ1) is 12.0. The molecule has 2 aromatic heterocycles. The van der Waals surface area contributed by atoms with Gasteiger partial charge in [0.2, 0.25) is 5.95 Å². The molecule has 1 fully saturated rings. The second-order valence-electron chi connectivity index (χ2n) is 6.13. The van der Waals surface area contributed by atoms with E-state index in [2.05, 4.69) is 25.1 Å². The van der Waals surface area contributed by atoms with Crippen LogP contribution in [0.5, 0.6) is 0 Å². The molecule has 3 heterocycles. The summed E-state index contributed by atoms with van der Waals surface area (Å²) in [5.41, 5.74) is 0.785. The Kier molecular flexibility index (Phi) is 4.87. The molecule has 2 N–H and O–H groups in total. The van der Waals surface area contributed by atoms with E-state index in [1.165, 1.54) is 4.68 Å². The Hall–Kier alpha value is -2.23. The van der Waals surface area contributed by atoms with Gasteiger partial charge in [-0.25, -0.2) is 17.8 Å². The molecule has 0 spiro atoms. The van der Waals surface area contributed by atoms with E-state index in [0.29, 0.717) is 11.2 Å². The summed E-state index contributed by atoms with van der Waals surface area (Å²) in [6, 6.07) is 6.87. The van der Waals surface area contributed by atoms with E-state index in [-0.39, 0.29) is 29.2 Å². The van der Waals surface area contributed by atoms with Crippen LogP contribution in [0.2, 0.25) is 0 Å². The van der Waals surface area contributed by atoms with Gasteiger partial charge in [0.05, 0.1) is 4.90 Å². The normalized spacial score (nSPS) is 14.7. The van der Waals surface area contributed by atoms with Gasteiger partial charge in [0.25, 0.3) is 10.0 Å². The first-order valence-corrected chi connectivity index (χ1v) is 9.43. The molecule has 138 valence electrons. The van der Waals surface area contributed by atoms with E-state index in [4.69, 9.17) is 0 Å². The smallest absolute Gasteiger partial charge is 0.264 e. The number of pyridine rings is 1. The fraction of sp³-hybridized carbons (Fsp3) is 0.312. The van der Waals surface area contributed by atoms with Crippen molar-refractivity contribution in [3.8, 4) is 0 Å². The van der Waals surface area contributed by atoms with Crippen LogP contribution in [0.4, 0.5) is 5.95 Å². The van der Waals surface area contributed by atoms with Crippen LogP contribution < -0.4 is 10.0 Å². The Bertz CT molecular complexity index is 1060. The molecule has 3 aromatic rings. The lowest BCUT2D eigenvalue weighted by Gasteiger charge is -2.23. The molecule has 10 heteroatoms. The highest BCUT2D eigenvalue weighted by atomic mass is 35.5. The van der Waals surface area contributed by atoms with E-state index in [9.17, 15) is 8.42 Å². The monoisotopic (exact) mass is 394 g/mol. The third-order valence-corrected chi connectivity index (χ3v) is 5.79. The number of halogens is 1. The molecular weight excluding hydrogens is 376 g/mol. The zero-order chi connectivity index (χ0) is 17.6. The maximum atomic E-state index is 12.9. The van der Waals surface area contributed by atoms with Crippen LogP contribution in [-0.4, -0.2) is 41.3 Å². The van der Waals surface area contributed by atoms with E-state index in [0.717, 1.165) is 24.2 Å². The van der Waals surface area contributed by atoms with Crippen LogP contribution in [0.3, 0.4) is 0 Å². The van der Waals surface area contributed by atoms with Crippen molar-refractivity contribution in [1.82, 2.24) is 25.1 Å². The van der Waals surface area contributed by atoms with Crippen molar-refractivity contribution < 1.29 is 8.42 Å². The van der Waals surface area contributed by atoms with Crippen LogP contribution >= 0.6 is 12.4 Å². The third kappa shape index (κ3) is 3.13. The molecule has 0 unspecified atom stereocenters. The van der Waals surface area contributed by atoms with Crippen molar-refractivity contribution in [2.24, 2.45) is 7.05 Å². The molecule has 0 bridgehead atoms. The van der Waals surface area contributed by atoms with Crippen molar-refractivity contribution in [1.29, 1.82) is 0 Å². The van der Waals surface area contributed by atoms with Gasteiger partial charge in [-0.15, -0.1) is 12.4 Å². The van der Waals surface area contributed by atoms with Crippen LogP contribution in [0.1, 0.15) is 17.4 Å². The number of nitrogens with zero attached hydrogens (tertiary/aromatic N) is 4. The second kappa shape index (κ2) is 6.82. The molecule has 1 saturated heterocycles. The van der Waals surface area contributed by atoms with Crippen LogP contribution in [0.25, 0.3) is 10.8 Å². The molecule has 0 atom stereocenters. The number of benzene rings is 1. The van der Waals surface area contributed by atoms with E-state index < -0.39 is 10.0 Å². The molecule has 1 aliphatic heterocycles. The maximum Gasteiger partial charge on any atom is 0.264 e. The van der Waals surface area contributed by atoms with Gasteiger partial charge in [0.1, 0.15) is 0 Å². The minimum Gasteiger partial charge on any atom is -0.315 e. The molecule has 0 saturated carbocycles. The number of fused-ring (bicyclic) bond motifs is 1. The molecule has 4 rings (SSSR count). The highest BCUT2D eigenvalue weighted by Gasteiger charge is 2.26. The molecular formula is C16H19ClN6O2S. The first kappa shape index (κ1) is 18.6. The van der Waals surface area contributed by atoms with E-state index in [1.54, 1.807) is 31.4 Å². The zero-order valence-corrected chi connectivity index (χ0v) is 15.9. The second-order valence-corrected chi connectivity index (χ2v) is 7.78. The lowest BCUT2D eigenvalue weighted by Crippen LogP contribution is -2.40. The summed E-state index contributed by atoms with van der Waals surface area (Å²) in [6.07, 6.45) is 1.61. The SMILES string of the molecule is Cc1nccc2c(S(=O)(=O)Nc3nc(C4CNC4)nn3C)cccc12.Cl. The number of hydrogen-bond acceptors (Lipinski definition) is 6. The van der Waals surface area contributed by atoms with Crippen LogP contribution in [-0.2, 0) is 17.1 Å². The Morgan fingerprint density at radius 3 is 2.69 bits per heavy atom. The summed E-state index contributed by atoms with van der Waals surface area (Å²) < 4.78 is 29.9. The topological polar surface area (TPSA) is 102 Å². The molecule has 8 nitrogen and oxygen atoms in total. The number of rotatable bonds is 4. The minimum absolute atomic E-state index is 0. The van der Waals surface area contributed by atoms with E-state index in [1.807, 2.05) is 13.0 Å². The van der Waals surface area contributed by atoms with Crippen molar-refractivity contribution in [3.05, 3.63) is 42.0 Å². The van der Waals surface area contributed by atoms with Gasteiger partial charge in [-0.2, -0.15) is 10.1 Å². The van der Waals surface area contributed by atoms with Gasteiger partial charge in [-0.05, 0) is 19.1 Å². The number of sulfonamides is 1. The molecule has 0 aliphatic carbocycles. The number of nitrogens with one attached hydrogen (secondary N) is 2. The zero-order valence-electron chi connectivity index (χ0n) is 14.3. The van der Waals surface area contributed by atoms with Gasteiger partial charge in [0, 0.05) is 48.7 Å². The molecule has 1 aliphatic rings. The van der Waals surface area contributed by atoms with E-state index >= 15 is 0 Å². The predicted molar refractivity (Wildman–Crippen MR) is 101 cm³/mol. The highest BCUT2D eigenvalue weighted by molar-refractivity contribution is 7.93. The van der Waals surface area contributed by atoms with Crippen molar-refractivity contribution in [2.45, 2.75) is 17.7 Å². The average molecular weight is 395 g/mol. The van der Waals surface area contributed by atoms with Crippen molar-refractivity contribution in [3.63, 3.8) is 0 Å². The summed E-state index contributed by atoms with van der Waals surface area (Å²) in [4.78, 5) is 8.77. The standard InChI is InChI=1S/C16H18N6O2S.ClH/c1-10-12-4-3-5-14(13(12)6-7-18-10)25(23,24)21-16-19-15(20-22(16)2)11-8-17-9-11;/h3-7,11,17H,8-9H2,1-2H3,(H,19,20,21);1H. The largest absolute Gasteiger partial charge is 0.315 e. The summed E-state index contributed by atoms with van der Waals surface area (Å²) >= 11 is 0. The predicted octanol–water partition coefficient (Wildman–Crippen LogP) is 1.58. The van der Waals surface area contributed by atoms with Gasteiger partial charge in [-0.1, -0.05) is 12.1 Å². The van der Waals surface area contributed by atoms with Crippen molar-refractivity contribution >= 4 is 39.2 Å². The lowest BCUT2D eigenvalue weighted by atomic mass is 10.0. The summed E-state index contributed by atoms with van der Waals surface area (Å²) in [5, 5.41) is 8.91. The highest BCUT2D eigenvalue weighted by Crippen LogP contribution is 2.26. The minimum atomic E-state index is -3.80. The Balaban J connectivity index is 0.00000196. The molecule has 26 heavy (non-hydrogen) atoms. The quantitative estimate of drug-likeness (QED) is 0.696. The maximum absolute atomic E-state index is 12.9. The van der Waals surface area contributed by atoms with Crippen LogP contribution in [0.15, 0.2) is 35.4 Å². The molecule has 1 aromatic carbocycles. The number of hydrogen-bond donors (Lipinski definition) is 2. The number of anilines is 1. The lowest BCUT2D eigenvalue weighted by molar-refractivity contribution is 0.428. The van der Waals surface area contributed by atoms with Gasteiger partial charge in [-0.3, -0.25) is 4.98 Å². The van der Waals surface area contributed by atoms with Gasteiger partial charge >= 0.3 is 0 Å². The number of aryl methyl sites for hydroxylation is 2. The Labute approximate surface area is 157 Å². The van der Waals surface area contributed by atoms with Crippen molar-refractivity contribution in [2.75, 3.05) is 17.8 Å².